The average Bonchev–Trinajstić information content (AvgIpc) is 1.59. The lowest BCUT2D eigenvalue weighted by atomic mass is 9.95. The lowest BCUT2D eigenvalue weighted by Crippen LogP contribution is -2.06. The van der Waals surface area contributed by atoms with Gasteiger partial charge in [0, 0.05) is 142 Å². The van der Waals surface area contributed by atoms with Crippen LogP contribution in [0.5, 0.6) is 0 Å². The molecule has 18 heteroatoms. The van der Waals surface area contributed by atoms with Crippen LogP contribution in [-0.2, 0) is 32.1 Å². The first-order valence-electron chi connectivity index (χ1n) is 48.6. The van der Waals surface area contributed by atoms with Crippen LogP contribution >= 0.6 is 45.3 Å². The van der Waals surface area contributed by atoms with Crippen molar-refractivity contribution in [3.05, 3.63) is 285 Å². The van der Waals surface area contributed by atoms with E-state index in [4.69, 9.17) is 25.0 Å². The second-order valence-electron chi connectivity index (χ2n) is 39.7. The van der Waals surface area contributed by atoms with Crippen LogP contribution in [0, 0.1) is 53.3 Å². The molecule has 0 spiro atoms. The fourth-order valence-corrected chi connectivity index (χ4v) is 22.1. The number of H-pyrrole nitrogens is 4. The van der Waals surface area contributed by atoms with Crippen LogP contribution in [0.4, 0.5) is 27.8 Å². The highest BCUT2D eigenvalue weighted by Crippen LogP contribution is 2.47. The molecule has 138 heavy (non-hydrogen) atoms. The summed E-state index contributed by atoms with van der Waals surface area (Å²) in [5.74, 6) is 21.1. The maximum Gasteiger partial charge on any atom is 0.120 e. The SMILES string of the molecule is C.CC(C)C1=NC=C(c2ccc(-c3ccc4c5c(sc4c3)N=C(C(C)C)C5)cc2)C1.CC(C)C1=Nc2cc3sc(-c4ccc(-c5cnc(C(C)C)[nH]5)cc4)cc3cc2C1.CC(C)C1=Nc2cc3sc(-c4ccc(-c5cnc(C(C)C)[nH]5)cc4)cc3cc2C1.CC(C)C1=Nc2cc3sc(C#Cc4cnc(C(C)C)[nH]4)cc3cc2C1.CCC1=Nc2cc3ccc(C#Cc4cnc(C(C)C)[nH]4)cc3cc2C1. The first-order chi connectivity index (χ1) is 66.0. The van der Waals surface area contributed by atoms with Gasteiger partial charge in [-0.25, -0.2) is 24.9 Å². The molecule has 4 N–H and O–H groups in total. The number of rotatable bonds is 16. The van der Waals surface area contributed by atoms with E-state index in [0.717, 1.165) is 124 Å². The Labute approximate surface area is 828 Å². The van der Waals surface area contributed by atoms with Crippen molar-refractivity contribution in [2.45, 2.75) is 208 Å². The largest absolute Gasteiger partial charge is 0.342 e. The van der Waals surface area contributed by atoms with Crippen LogP contribution in [0.15, 0.2) is 237 Å². The Balaban J connectivity index is 0.000000115. The van der Waals surface area contributed by atoms with E-state index in [1.54, 1.807) is 17.5 Å². The number of hydrogen-bond acceptors (Lipinski definition) is 14. The van der Waals surface area contributed by atoms with E-state index < -0.39 is 0 Å². The molecule has 0 radical (unpaired) electrons. The minimum atomic E-state index is 0. The van der Waals surface area contributed by atoms with Gasteiger partial charge in [-0.05, 0) is 238 Å². The number of thiophene rings is 4. The third-order valence-electron chi connectivity index (χ3n) is 26.4. The summed E-state index contributed by atoms with van der Waals surface area (Å²) in [6.07, 6.45) is 16.5. The highest BCUT2D eigenvalue weighted by molar-refractivity contribution is 7.23. The molecule has 14 nitrogen and oxygen atoms in total. The number of fused-ring (bicyclic) bond motifs is 11. The van der Waals surface area contributed by atoms with E-state index in [1.807, 2.05) is 58.8 Å². The van der Waals surface area contributed by atoms with Crippen molar-refractivity contribution in [2.24, 2.45) is 59.5 Å². The van der Waals surface area contributed by atoms with Gasteiger partial charge in [0.2, 0.25) is 0 Å². The summed E-state index contributed by atoms with van der Waals surface area (Å²) in [4.78, 5) is 63.5. The zero-order valence-electron chi connectivity index (χ0n) is 81.9. The van der Waals surface area contributed by atoms with Crippen molar-refractivity contribution >= 4 is 164 Å². The normalized spacial score (nSPS) is 13.8. The van der Waals surface area contributed by atoms with E-state index >= 15 is 0 Å². The van der Waals surface area contributed by atoms with Gasteiger partial charge < -0.3 is 19.9 Å². The molecule has 8 aromatic heterocycles. The van der Waals surface area contributed by atoms with Gasteiger partial charge >= 0.3 is 0 Å². The van der Waals surface area contributed by atoms with E-state index in [2.05, 4.69) is 376 Å². The third-order valence-corrected chi connectivity index (χ3v) is 30.8. The van der Waals surface area contributed by atoms with Crippen molar-refractivity contribution in [3.63, 3.8) is 0 Å². The predicted molar refractivity (Wildman–Crippen MR) is 593 cm³/mol. The van der Waals surface area contributed by atoms with E-state index in [-0.39, 0.29) is 7.43 Å². The summed E-state index contributed by atoms with van der Waals surface area (Å²) in [6, 6.07) is 64.6. The Morgan fingerprint density at radius 2 is 0.739 bits per heavy atom. The molecule has 696 valence electrons. The number of hydrogen-bond donors (Lipinski definition) is 4. The highest BCUT2D eigenvalue weighted by atomic mass is 32.1. The summed E-state index contributed by atoms with van der Waals surface area (Å²) in [7, 11) is 0. The lowest BCUT2D eigenvalue weighted by molar-refractivity contribution is 0.793. The van der Waals surface area contributed by atoms with Gasteiger partial charge in [0.15, 0.2) is 0 Å². The summed E-state index contributed by atoms with van der Waals surface area (Å²) < 4.78 is 5.22. The molecule has 17 aromatic rings. The van der Waals surface area contributed by atoms with Gasteiger partial charge in [0.05, 0.1) is 63.8 Å². The zero-order chi connectivity index (χ0) is 95.3. The van der Waals surface area contributed by atoms with Crippen molar-refractivity contribution in [3.8, 4) is 78.2 Å². The zero-order valence-corrected chi connectivity index (χ0v) is 85.1. The number of aliphatic imine (C=N–C) groups is 6. The molecule has 0 fully saturated rings. The van der Waals surface area contributed by atoms with E-state index in [9.17, 15) is 0 Å². The number of imidazole rings is 4. The second kappa shape index (κ2) is 40.5. The van der Waals surface area contributed by atoms with Crippen LogP contribution in [0.25, 0.3) is 111 Å². The molecule has 9 aromatic carbocycles. The Hall–Kier alpha value is -13.2. The number of aromatic nitrogens is 8. The second-order valence-corrected chi connectivity index (χ2v) is 43.9. The minimum absolute atomic E-state index is 0. The van der Waals surface area contributed by atoms with Crippen LogP contribution < -0.4 is 0 Å². The number of benzene rings is 9. The van der Waals surface area contributed by atoms with Crippen LogP contribution in [0.1, 0.15) is 254 Å². The smallest absolute Gasteiger partial charge is 0.120 e. The standard InChI is InChI=1S/C26H26N2S.2C25H25N3S.C22H21N3.C21H21N3S.CH4/c1-15(2)23-11-20(14-27-23)18-7-5-17(6-8-18)19-9-10-21-22-13-24(16(3)4)28-26(22)29-25(21)12-19;2*1-14(2)20-10-18-9-19-11-23(29-24(19)12-21(18)27-20)17-7-5-16(6-8-17)22-13-26-25(28-22)15(3)4;1-4-19-11-18-10-17-9-15(5-7-16(17)12-21(18)24-19)6-8-20-13-23-22(25-20)14(2)3;1-12(2)18-9-14-7-15-8-17(25-20(15)10-19(14)24-18)6-5-16-11-22-21(23-16)13(3)4;/h5-10,12,14-16H,11,13H2,1-4H3;2*5-9,11-15H,10H2,1-4H3,(H,26,28);5,7,9-10,12-14H,4,11H2,1-3H3,(H,23,25);7-8,10-13H,9H2,1-4H3,(H,22,23);1H4. The van der Waals surface area contributed by atoms with Crippen LogP contribution in [-0.4, -0.2) is 74.1 Å². The number of aromatic amines is 4. The molecule has 23 rings (SSSR count). The highest BCUT2D eigenvalue weighted by Gasteiger charge is 2.27. The quantitative estimate of drug-likeness (QED) is 0.0701. The number of nitrogens with one attached hydrogen (secondary N) is 4. The summed E-state index contributed by atoms with van der Waals surface area (Å²) in [6.45, 7) is 41.4. The molecule has 0 saturated heterocycles. The fraction of sp³-hybridized carbons (Fsp3) is 0.300. The molecule has 0 atom stereocenters. The van der Waals surface area contributed by atoms with Crippen LogP contribution in [0.3, 0.4) is 0 Å². The van der Waals surface area contributed by atoms with Gasteiger partial charge in [-0.1, -0.05) is 236 Å². The monoisotopic (exact) mass is 1890 g/mol. The van der Waals surface area contributed by atoms with E-state index in [1.165, 1.54) is 172 Å². The van der Waals surface area contributed by atoms with Crippen molar-refractivity contribution in [2.75, 3.05) is 0 Å². The Bertz CT molecular complexity index is 7660. The van der Waals surface area contributed by atoms with Gasteiger partial charge in [-0.15, -0.1) is 45.3 Å². The maximum absolute atomic E-state index is 4.88. The maximum atomic E-state index is 4.88. The van der Waals surface area contributed by atoms with Gasteiger partial charge in [0.1, 0.15) is 39.7 Å². The van der Waals surface area contributed by atoms with E-state index in [0.29, 0.717) is 53.3 Å². The minimum Gasteiger partial charge on any atom is -0.342 e. The number of allylic oxidation sites excluding steroid dienone is 1. The topological polar surface area (TPSA) is 189 Å². The Morgan fingerprint density at radius 1 is 0.312 bits per heavy atom. The molecule has 0 unspecified atom stereocenters. The Morgan fingerprint density at radius 3 is 1.22 bits per heavy atom. The van der Waals surface area contributed by atoms with Gasteiger partial charge in [0.25, 0.3) is 0 Å². The first-order valence-corrected chi connectivity index (χ1v) is 51.8. The molecule has 0 aliphatic carbocycles. The molecular weight excluding hydrogens is 1770 g/mol. The molecule has 0 bridgehead atoms. The Kier molecular flexibility index (Phi) is 27.9. The summed E-state index contributed by atoms with van der Waals surface area (Å²) >= 11 is 7.25. The summed E-state index contributed by atoms with van der Waals surface area (Å²) in [5.41, 5.74) is 34.0. The van der Waals surface area contributed by atoms with Gasteiger partial charge in [-0.3, -0.25) is 25.0 Å². The van der Waals surface area contributed by atoms with Crippen molar-refractivity contribution in [1.82, 2.24) is 39.9 Å². The molecule has 6 aliphatic rings. The first kappa shape index (κ1) is 95.1. The fourth-order valence-electron chi connectivity index (χ4n) is 17.9. The molecule has 0 saturated carbocycles. The number of nitrogens with zero attached hydrogens (tertiary/aromatic N) is 10. The van der Waals surface area contributed by atoms with Crippen LogP contribution in [0.2, 0.25) is 0 Å². The molecule has 0 amide bonds. The molecule has 6 aliphatic heterocycles. The molecular formula is C120H122N14S4. The predicted octanol–water partition coefficient (Wildman–Crippen LogP) is 33.6. The lowest BCUT2D eigenvalue weighted by Gasteiger charge is -2.08. The average molecular weight is 1890 g/mol. The third kappa shape index (κ3) is 20.8. The van der Waals surface area contributed by atoms with Gasteiger partial charge in [-0.2, -0.15) is 0 Å². The van der Waals surface area contributed by atoms with Crippen molar-refractivity contribution in [1.29, 1.82) is 0 Å². The summed E-state index contributed by atoms with van der Waals surface area (Å²) in [5, 5.41) is 8.94. The van der Waals surface area contributed by atoms with Crippen molar-refractivity contribution < 1.29 is 0 Å². The molecule has 14 heterocycles.